The molecular weight excluding hydrogens is 426 g/mol. The summed E-state index contributed by atoms with van der Waals surface area (Å²) in [4.78, 5) is 12.4. The molecular formula is C24H17F4NO3. The number of methoxy groups -OCH3 is 1. The first kappa shape index (κ1) is 21.4. The molecule has 0 spiro atoms. The van der Waals surface area contributed by atoms with Gasteiger partial charge in [-0.25, -0.2) is 4.39 Å². The van der Waals surface area contributed by atoms with E-state index in [2.05, 4.69) is 5.32 Å². The lowest BCUT2D eigenvalue weighted by atomic mass is 10.0. The Kier molecular flexibility index (Phi) is 5.61. The van der Waals surface area contributed by atoms with Crippen LogP contribution in [0.4, 0.5) is 23.2 Å². The molecule has 3 aromatic rings. The summed E-state index contributed by atoms with van der Waals surface area (Å²) in [5.41, 5.74) is 1.30. The Bertz CT molecular complexity index is 1200. The van der Waals surface area contributed by atoms with Gasteiger partial charge in [0.2, 0.25) is 0 Å². The van der Waals surface area contributed by atoms with Crippen LogP contribution in [0.15, 0.2) is 60.7 Å². The Morgan fingerprint density at radius 3 is 2.41 bits per heavy atom. The Hall–Kier alpha value is -3.81. The van der Waals surface area contributed by atoms with E-state index in [0.29, 0.717) is 22.6 Å². The molecule has 32 heavy (non-hydrogen) atoms. The molecule has 0 aromatic heterocycles. The number of ether oxygens (including phenoxy) is 2. The minimum absolute atomic E-state index is 0.113. The van der Waals surface area contributed by atoms with Gasteiger partial charge in [-0.05, 0) is 53.6 Å². The van der Waals surface area contributed by atoms with Crippen molar-refractivity contribution in [2.24, 2.45) is 0 Å². The van der Waals surface area contributed by atoms with Gasteiger partial charge in [0.25, 0.3) is 5.91 Å². The average Bonchev–Trinajstić information content (AvgIpc) is 3.07. The van der Waals surface area contributed by atoms with Gasteiger partial charge in [0.05, 0.1) is 12.7 Å². The van der Waals surface area contributed by atoms with Crippen LogP contribution in [0.5, 0.6) is 11.5 Å². The molecule has 1 aliphatic heterocycles. The van der Waals surface area contributed by atoms with E-state index in [4.69, 9.17) is 9.47 Å². The number of amides is 1. The lowest BCUT2D eigenvalue weighted by molar-refractivity contribution is -0.137. The van der Waals surface area contributed by atoms with Crippen LogP contribution >= 0.6 is 0 Å². The highest BCUT2D eigenvalue weighted by atomic mass is 19.4. The van der Waals surface area contributed by atoms with E-state index in [9.17, 15) is 22.4 Å². The van der Waals surface area contributed by atoms with E-state index in [1.54, 1.807) is 36.4 Å². The van der Waals surface area contributed by atoms with Crippen molar-refractivity contribution in [1.82, 2.24) is 0 Å². The van der Waals surface area contributed by atoms with Crippen LogP contribution in [0.25, 0.3) is 11.6 Å². The molecule has 164 valence electrons. The molecule has 0 atom stereocenters. The standard InChI is InChI=1S/C24H17F4NO3/c1-31-22-11-15(4-9-21(22)32-13-14-2-6-17(25)7-3-14)10-19-18-8-5-16(24(26,27)28)12-20(18)29-23(19)30/h2-12H,13H2,1H3,(H,29,30)/b19-10-. The van der Waals surface area contributed by atoms with Crippen LogP contribution in [0, 0.1) is 5.82 Å². The van der Waals surface area contributed by atoms with Crippen LogP contribution in [-0.4, -0.2) is 13.0 Å². The van der Waals surface area contributed by atoms with E-state index >= 15 is 0 Å². The number of rotatable bonds is 5. The number of hydrogen-bond donors (Lipinski definition) is 1. The molecule has 0 aliphatic carbocycles. The van der Waals surface area contributed by atoms with Crippen molar-refractivity contribution in [3.8, 4) is 11.5 Å². The molecule has 0 unspecified atom stereocenters. The summed E-state index contributed by atoms with van der Waals surface area (Å²) >= 11 is 0. The second-order valence-corrected chi connectivity index (χ2v) is 7.10. The number of nitrogens with one attached hydrogen (secondary N) is 1. The second kappa shape index (κ2) is 8.37. The fraction of sp³-hybridized carbons (Fsp3) is 0.125. The summed E-state index contributed by atoms with van der Waals surface area (Å²) in [5.74, 6) is 0.0309. The van der Waals surface area contributed by atoms with Crippen molar-refractivity contribution >= 4 is 23.2 Å². The van der Waals surface area contributed by atoms with Crippen molar-refractivity contribution in [3.63, 3.8) is 0 Å². The van der Waals surface area contributed by atoms with E-state index in [1.165, 1.54) is 25.3 Å². The van der Waals surface area contributed by atoms with Gasteiger partial charge in [-0.1, -0.05) is 24.3 Å². The molecule has 8 heteroatoms. The van der Waals surface area contributed by atoms with Crippen molar-refractivity contribution in [3.05, 3.63) is 88.7 Å². The highest BCUT2D eigenvalue weighted by molar-refractivity contribution is 6.34. The molecule has 1 aliphatic rings. The summed E-state index contributed by atoms with van der Waals surface area (Å²) in [5, 5.41) is 2.47. The largest absolute Gasteiger partial charge is 0.493 e. The van der Waals surface area contributed by atoms with Crippen molar-refractivity contribution in [2.45, 2.75) is 12.8 Å². The normalized spacial score (nSPS) is 14.3. The number of fused-ring (bicyclic) bond motifs is 1. The smallest absolute Gasteiger partial charge is 0.416 e. The molecule has 0 saturated heterocycles. The van der Waals surface area contributed by atoms with E-state index in [1.807, 2.05) is 0 Å². The van der Waals surface area contributed by atoms with E-state index in [-0.39, 0.29) is 23.7 Å². The number of carbonyl (C=O) groups is 1. The molecule has 0 saturated carbocycles. The predicted octanol–water partition coefficient (Wildman–Crippen LogP) is 5.92. The molecule has 1 N–H and O–H groups in total. The zero-order chi connectivity index (χ0) is 22.9. The summed E-state index contributed by atoms with van der Waals surface area (Å²) in [6.07, 6.45) is -2.93. The van der Waals surface area contributed by atoms with Gasteiger partial charge in [0.15, 0.2) is 11.5 Å². The monoisotopic (exact) mass is 443 g/mol. The van der Waals surface area contributed by atoms with Crippen molar-refractivity contribution < 1.29 is 31.8 Å². The average molecular weight is 443 g/mol. The highest BCUT2D eigenvalue weighted by Gasteiger charge is 2.33. The maximum atomic E-state index is 13.0. The Balaban J connectivity index is 1.58. The molecule has 3 aromatic carbocycles. The van der Waals surface area contributed by atoms with Crippen molar-refractivity contribution in [2.75, 3.05) is 12.4 Å². The number of hydrogen-bond acceptors (Lipinski definition) is 3. The number of anilines is 1. The fourth-order valence-corrected chi connectivity index (χ4v) is 3.32. The quantitative estimate of drug-likeness (QED) is 0.393. The summed E-state index contributed by atoms with van der Waals surface area (Å²) in [6, 6.07) is 14.1. The minimum atomic E-state index is -4.50. The Labute approximate surface area is 181 Å². The van der Waals surface area contributed by atoms with Gasteiger partial charge >= 0.3 is 6.18 Å². The number of alkyl halides is 3. The number of halogens is 4. The van der Waals surface area contributed by atoms with Crippen LogP contribution in [0.2, 0.25) is 0 Å². The molecule has 1 heterocycles. The highest BCUT2D eigenvalue weighted by Crippen LogP contribution is 2.39. The molecule has 0 fully saturated rings. The minimum Gasteiger partial charge on any atom is -0.493 e. The lowest BCUT2D eigenvalue weighted by Gasteiger charge is -2.12. The van der Waals surface area contributed by atoms with Crippen LogP contribution < -0.4 is 14.8 Å². The third-order valence-corrected chi connectivity index (χ3v) is 4.94. The predicted molar refractivity (Wildman–Crippen MR) is 112 cm³/mol. The molecule has 0 bridgehead atoms. The Morgan fingerprint density at radius 1 is 0.969 bits per heavy atom. The molecule has 4 rings (SSSR count). The van der Waals surface area contributed by atoms with Gasteiger partial charge in [0.1, 0.15) is 12.4 Å². The summed E-state index contributed by atoms with van der Waals surface area (Å²) < 4.78 is 63.0. The second-order valence-electron chi connectivity index (χ2n) is 7.10. The van der Waals surface area contributed by atoms with Gasteiger partial charge in [-0.15, -0.1) is 0 Å². The maximum absolute atomic E-state index is 13.0. The molecule has 0 radical (unpaired) electrons. The SMILES string of the molecule is COc1cc(/C=C2\C(=O)Nc3cc(C(F)(F)F)ccc32)ccc1OCc1ccc(F)cc1. The van der Waals surface area contributed by atoms with Gasteiger partial charge in [-0.3, -0.25) is 4.79 Å². The number of benzene rings is 3. The van der Waals surface area contributed by atoms with Gasteiger partial charge in [0, 0.05) is 16.8 Å². The maximum Gasteiger partial charge on any atom is 0.416 e. The third kappa shape index (κ3) is 4.44. The zero-order valence-corrected chi connectivity index (χ0v) is 16.8. The zero-order valence-electron chi connectivity index (χ0n) is 16.8. The van der Waals surface area contributed by atoms with Crippen LogP contribution in [0.1, 0.15) is 22.3 Å². The van der Waals surface area contributed by atoms with Gasteiger partial charge < -0.3 is 14.8 Å². The summed E-state index contributed by atoms with van der Waals surface area (Å²) in [6.45, 7) is 0.203. The number of carbonyl (C=O) groups excluding carboxylic acids is 1. The first-order valence-electron chi connectivity index (χ1n) is 9.54. The first-order valence-corrected chi connectivity index (χ1v) is 9.54. The first-order chi connectivity index (χ1) is 15.2. The van der Waals surface area contributed by atoms with Crippen LogP contribution in [0.3, 0.4) is 0 Å². The van der Waals surface area contributed by atoms with E-state index < -0.39 is 17.6 Å². The molecule has 4 nitrogen and oxygen atoms in total. The van der Waals surface area contributed by atoms with E-state index in [0.717, 1.165) is 17.7 Å². The fourth-order valence-electron chi connectivity index (χ4n) is 3.32. The summed E-state index contributed by atoms with van der Waals surface area (Å²) in [7, 11) is 1.47. The molecule has 1 amide bonds. The Morgan fingerprint density at radius 2 is 1.72 bits per heavy atom. The van der Waals surface area contributed by atoms with Crippen molar-refractivity contribution in [1.29, 1.82) is 0 Å². The van der Waals surface area contributed by atoms with Crippen LogP contribution in [-0.2, 0) is 17.6 Å². The topological polar surface area (TPSA) is 47.6 Å². The third-order valence-electron chi connectivity index (χ3n) is 4.94. The lowest BCUT2D eigenvalue weighted by Crippen LogP contribution is -2.06. The van der Waals surface area contributed by atoms with Gasteiger partial charge in [-0.2, -0.15) is 13.2 Å².